The third-order valence-electron chi connectivity index (χ3n) is 4.19. The molecule has 7 heteroatoms. The average molecular weight is 342 g/mol. The predicted molar refractivity (Wildman–Crippen MR) is 86.1 cm³/mol. The number of urea groups is 1. The van der Waals surface area contributed by atoms with Crippen LogP contribution in [0.1, 0.15) is 31.2 Å². The molecule has 0 saturated heterocycles. The molecule has 0 aromatic heterocycles. The molecular weight excluding hydrogens is 318 g/mol. The van der Waals surface area contributed by atoms with Crippen molar-refractivity contribution in [2.24, 2.45) is 5.92 Å². The number of hydrogen-bond acceptors (Lipinski definition) is 3. The third-order valence-corrected chi connectivity index (χ3v) is 4.19. The number of carbonyl (C=O) groups excluding carboxylic acids is 1. The second kappa shape index (κ2) is 9.42. The van der Waals surface area contributed by atoms with Crippen molar-refractivity contribution in [3.05, 3.63) is 29.8 Å². The maximum Gasteiger partial charge on any atom is 0.315 e. The second-order valence-electron chi connectivity index (χ2n) is 6.01. The molecule has 0 bridgehead atoms. The topological polar surface area (TPSA) is 70.6 Å². The lowest BCUT2D eigenvalue weighted by Gasteiger charge is -2.30. The van der Waals surface area contributed by atoms with Gasteiger partial charge in [-0.2, -0.15) is 0 Å². The zero-order valence-electron chi connectivity index (χ0n) is 13.5. The number of nitrogens with one attached hydrogen (secondary N) is 2. The predicted octanol–water partition coefficient (Wildman–Crippen LogP) is 2.68. The van der Waals surface area contributed by atoms with Gasteiger partial charge in [0.2, 0.25) is 0 Å². The largest absolute Gasteiger partial charge is 0.488 e. The highest BCUT2D eigenvalue weighted by Gasteiger charge is 2.25. The van der Waals surface area contributed by atoms with Crippen LogP contribution in [0, 0.1) is 5.92 Å². The van der Waals surface area contributed by atoms with Gasteiger partial charge in [-0.15, -0.1) is 0 Å². The Morgan fingerprint density at radius 2 is 2.12 bits per heavy atom. The van der Waals surface area contributed by atoms with E-state index in [0.717, 1.165) is 31.2 Å². The first-order valence-corrected chi connectivity index (χ1v) is 8.23. The van der Waals surface area contributed by atoms with Crippen molar-refractivity contribution >= 4 is 6.03 Å². The highest BCUT2D eigenvalue weighted by Crippen LogP contribution is 2.23. The summed E-state index contributed by atoms with van der Waals surface area (Å²) in [4.78, 5) is 12.0. The Balaban J connectivity index is 1.79. The van der Waals surface area contributed by atoms with Crippen LogP contribution in [-0.2, 0) is 6.54 Å². The minimum Gasteiger partial charge on any atom is -0.488 e. The third kappa shape index (κ3) is 5.96. The van der Waals surface area contributed by atoms with Crippen molar-refractivity contribution in [2.45, 2.75) is 44.7 Å². The molecule has 2 atom stereocenters. The molecule has 2 amide bonds. The van der Waals surface area contributed by atoms with Crippen LogP contribution in [0.4, 0.5) is 13.6 Å². The Bertz CT molecular complexity index is 528. The molecule has 1 aliphatic rings. The normalized spacial score (nSPS) is 20.7. The molecule has 0 spiro atoms. The van der Waals surface area contributed by atoms with Crippen molar-refractivity contribution in [3.8, 4) is 5.75 Å². The van der Waals surface area contributed by atoms with Gasteiger partial charge in [0.15, 0.2) is 0 Å². The molecule has 0 heterocycles. The highest BCUT2D eigenvalue weighted by molar-refractivity contribution is 5.74. The Morgan fingerprint density at radius 3 is 2.88 bits per heavy atom. The molecule has 1 fully saturated rings. The zero-order chi connectivity index (χ0) is 17.4. The standard InChI is InChI=1S/C17H24F2N2O3/c18-16(19)11-24-14-6-3-4-12(8-14)9-20-17(23)21-15-7-2-1-5-13(15)10-22/h3-4,6,8,13,15-16,22H,1-2,5,7,9-11H2,(H2,20,21,23). The summed E-state index contributed by atoms with van der Waals surface area (Å²) in [5, 5.41) is 15.0. The highest BCUT2D eigenvalue weighted by atomic mass is 19.3. The first-order valence-electron chi connectivity index (χ1n) is 8.23. The molecule has 24 heavy (non-hydrogen) atoms. The Labute approximate surface area is 140 Å². The number of carbonyl (C=O) groups is 1. The van der Waals surface area contributed by atoms with Crippen LogP contribution in [0.2, 0.25) is 0 Å². The maximum atomic E-state index is 12.2. The van der Waals surface area contributed by atoms with Gasteiger partial charge in [-0.05, 0) is 30.5 Å². The number of aliphatic hydroxyl groups is 1. The summed E-state index contributed by atoms with van der Waals surface area (Å²) in [6, 6.07) is 6.40. The number of ether oxygens (including phenoxy) is 1. The van der Waals surface area contributed by atoms with Crippen molar-refractivity contribution in [3.63, 3.8) is 0 Å². The second-order valence-corrected chi connectivity index (χ2v) is 6.01. The number of alkyl halides is 2. The van der Waals surface area contributed by atoms with Gasteiger partial charge in [0.05, 0.1) is 0 Å². The van der Waals surface area contributed by atoms with Crippen molar-refractivity contribution in [1.29, 1.82) is 0 Å². The number of benzene rings is 1. The fraction of sp³-hybridized carbons (Fsp3) is 0.588. The van der Waals surface area contributed by atoms with Crippen LogP contribution in [0.5, 0.6) is 5.75 Å². The van der Waals surface area contributed by atoms with Gasteiger partial charge in [-0.3, -0.25) is 0 Å². The number of aliphatic hydroxyl groups excluding tert-OH is 1. The minimum atomic E-state index is -2.52. The molecule has 1 aromatic carbocycles. The summed E-state index contributed by atoms with van der Waals surface area (Å²) in [5.41, 5.74) is 0.763. The summed E-state index contributed by atoms with van der Waals surface area (Å²) < 4.78 is 29.3. The Morgan fingerprint density at radius 1 is 1.33 bits per heavy atom. The molecular formula is C17H24F2N2O3. The van der Waals surface area contributed by atoms with Gasteiger partial charge in [0.25, 0.3) is 6.43 Å². The van der Waals surface area contributed by atoms with Crippen LogP contribution < -0.4 is 15.4 Å². The van der Waals surface area contributed by atoms with Crippen molar-refractivity contribution in [2.75, 3.05) is 13.2 Å². The molecule has 1 saturated carbocycles. The zero-order valence-corrected chi connectivity index (χ0v) is 13.5. The number of rotatable bonds is 7. The van der Waals surface area contributed by atoms with Gasteiger partial charge >= 0.3 is 6.03 Å². The van der Waals surface area contributed by atoms with E-state index in [1.165, 1.54) is 0 Å². The van der Waals surface area contributed by atoms with Gasteiger partial charge < -0.3 is 20.5 Å². The summed E-state index contributed by atoms with van der Waals surface area (Å²) in [5.74, 6) is 0.457. The summed E-state index contributed by atoms with van der Waals surface area (Å²) >= 11 is 0. The van der Waals surface area contributed by atoms with E-state index < -0.39 is 13.0 Å². The first kappa shape index (κ1) is 18.4. The Hall–Kier alpha value is -1.89. The maximum absolute atomic E-state index is 12.2. The lowest BCUT2D eigenvalue weighted by atomic mass is 9.85. The fourth-order valence-corrected chi connectivity index (χ4v) is 2.92. The molecule has 134 valence electrons. The van der Waals surface area contributed by atoms with E-state index in [0.29, 0.717) is 5.75 Å². The molecule has 5 nitrogen and oxygen atoms in total. The minimum absolute atomic E-state index is 0.00976. The average Bonchev–Trinajstić information content (AvgIpc) is 2.59. The van der Waals surface area contributed by atoms with Crippen molar-refractivity contribution < 1.29 is 23.4 Å². The summed E-state index contributed by atoms with van der Waals surface area (Å²) in [6.45, 7) is -0.301. The van der Waals surface area contributed by atoms with Crippen LogP contribution in [0.15, 0.2) is 24.3 Å². The van der Waals surface area contributed by atoms with Crippen LogP contribution in [-0.4, -0.2) is 36.8 Å². The molecule has 3 N–H and O–H groups in total. The van der Waals surface area contributed by atoms with Gasteiger partial charge in [0.1, 0.15) is 12.4 Å². The molecule has 1 aliphatic carbocycles. The monoisotopic (exact) mass is 342 g/mol. The molecule has 1 aromatic rings. The molecule has 2 rings (SSSR count). The lowest BCUT2D eigenvalue weighted by Crippen LogP contribution is -2.47. The quantitative estimate of drug-likeness (QED) is 0.713. The van der Waals surface area contributed by atoms with Crippen LogP contribution in [0.25, 0.3) is 0 Å². The van der Waals surface area contributed by atoms with E-state index >= 15 is 0 Å². The van der Waals surface area contributed by atoms with E-state index in [9.17, 15) is 18.7 Å². The molecule has 0 radical (unpaired) electrons. The van der Waals surface area contributed by atoms with E-state index in [2.05, 4.69) is 10.6 Å². The van der Waals surface area contributed by atoms with Crippen molar-refractivity contribution in [1.82, 2.24) is 10.6 Å². The van der Waals surface area contributed by atoms with E-state index in [-0.39, 0.29) is 31.1 Å². The summed E-state index contributed by atoms with van der Waals surface area (Å²) in [6.07, 6.45) is 1.40. The molecule has 2 unspecified atom stereocenters. The van der Waals surface area contributed by atoms with Gasteiger partial charge in [-0.1, -0.05) is 25.0 Å². The van der Waals surface area contributed by atoms with Crippen LogP contribution >= 0.6 is 0 Å². The van der Waals surface area contributed by atoms with Crippen LogP contribution in [0.3, 0.4) is 0 Å². The van der Waals surface area contributed by atoms with E-state index in [1.54, 1.807) is 24.3 Å². The first-order chi connectivity index (χ1) is 11.6. The van der Waals surface area contributed by atoms with E-state index in [4.69, 9.17) is 4.74 Å². The number of hydrogen-bond donors (Lipinski definition) is 3. The van der Waals surface area contributed by atoms with E-state index in [1.807, 2.05) is 0 Å². The SMILES string of the molecule is O=C(NCc1cccc(OCC(F)F)c1)NC1CCCCC1CO. The Kier molecular flexibility index (Phi) is 7.24. The summed E-state index contributed by atoms with van der Waals surface area (Å²) in [7, 11) is 0. The smallest absolute Gasteiger partial charge is 0.315 e. The lowest BCUT2D eigenvalue weighted by molar-refractivity contribution is 0.0818. The van der Waals surface area contributed by atoms with Gasteiger partial charge in [0, 0.05) is 25.1 Å². The fourth-order valence-electron chi connectivity index (χ4n) is 2.92. The van der Waals surface area contributed by atoms with Gasteiger partial charge in [-0.25, -0.2) is 13.6 Å². The molecule has 0 aliphatic heterocycles. The number of amides is 2. The number of halogens is 2.